The van der Waals surface area contributed by atoms with E-state index in [0.29, 0.717) is 29.1 Å². The van der Waals surface area contributed by atoms with E-state index in [9.17, 15) is 13.2 Å². The quantitative estimate of drug-likeness (QED) is 0.365. The van der Waals surface area contributed by atoms with Crippen LogP contribution in [-0.2, 0) is 10.2 Å². The Bertz CT molecular complexity index is 1500. The van der Waals surface area contributed by atoms with Gasteiger partial charge in [-0.05, 0) is 48.7 Å². The van der Waals surface area contributed by atoms with Gasteiger partial charge in [-0.3, -0.25) is 9.52 Å². The summed E-state index contributed by atoms with van der Waals surface area (Å²) in [4.78, 5) is 20.6. The molecule has 5 rings (SSSR count). The van der Waals surface area contributed by atoms with Crippen molar-refractivity contribution in [1.29, 1.82) is 0 Å². The third kappa shape index (κ3) is 4.18. The highest BCUT2D eigenvalue weighted by Gasteiger charge is 2.27. The van der Waals surface area contributed by atoms with Gasteiger partial charge in [0.1, 0.15) is 5.65 Å². The minimum Gasteiger partial charge on any atom is -0.345 e. The van der Waals surface area contributed by atoms with Crippen LogP contribution in [0.3, 0.4) is 0 Å². The summed E-state index contributed by atoms with van der Waals surface area (Å²) in [6.07, 6.45) is 4.67. The number of ketones is 1. The van der Waals surface area contributed by atoms with E-state index in [0.717, 1.165) is 24.0 Å². The van der Waals surface area contributed by atoms with E-state index in [2.05, 4.69) is 14.7 Å². The first-order valence-corrected chi connectivity index (χ1v) is 12.5. The predicted molar refractivity (Wildman–Crippen MR) is 130 cm³/mol. The second-order valence-corrected chi connectivity index (χ2v) is 10.1. The first-order valence-electron chi connectivity index (χ1n) is 10.7. The predicted octanol–water partition coefficient (Wildman–Crippen LogP) is 5.01. The maximum absolute atomic E-state index is 15.3. The van der Waals surface area contributed by atoms with E-state index in [1.807, 2.05) is 12.1 Å². The maximum Gasteiger partial charge on any atom is 0.301 e. The third-order valence-electron chi connectivity index (χ3n) is 5.84. The number of benzene rings is 2. The number of fused-ring (bicyclic) bond motifs is 1. The van der Waals surface area contributed by atoms with Gasteiger partial charge >= 0.3 is 10.2 Å². The smallest absolute Gasteiger partial charge is 0.301 e. The van der Waals surface area contributed by atoms with Crippen LogP contribution in [0.2, 0.25) is 5.02 Å². The number of pyridine rings is 1. The van der Waals surface area contributed by atoms with Gasteiger partial charge in [-0.1, -0.05) is 29.8 Å². The second-order valence-electron chi connectivity index (χ2n) is 8.04. The number of H-pyrrole nitrogens is 1. The number of carbonyl (C=O) groups is 1. The largest absolute Gasteiger partial charge is 0.345 e. The first kappa shape index (κ1) is 22.5. The molecule has 34 heavy (non-hydrogen) atoms. The van der Waals surface area contributed by atoms with Crippen molar-refractivity contribution in [1.82, 2.24) is 14.3 Å². The number of nitrogens with one attached hydrogen (secondary N) is 2. The van der Waals surface area contributed by atoms with Gasteiger partial charge in [-0.2, -0.15) is 12.7 Å². The van der Waals surface area contributed by atoms with Gasteiger partial charge < -0.3 is 4.98 Å². The summed E-state index contributed by atoms with van der Waals surface area (Å²) in [7, 11) is -3.90. The molecule has 0 saturated carbocycles. The van der Waals surface area contributed by atoms with Crippen LogP contribution in [0, 0.1) is 5.82 Å². The van der Waals surface area contributed by atoms with Crippen LogP contribution in [0.1, 0.15) is 28.8 Å². The molecule has 0 bridgehead atoms. The fourth-order valence-electron chi connectivity index (χ4n) is 4.05. The van der Waals surface area contributed by atoms with E-state index in [1.54, 1.807) is 24.4 Å². The number of hydrogen-bond donors (Lipinski definition) is 2. The van der Waals surface area contributed by atoms with Gasteiger partial charge in [0.05, 0.1) is 11.3 Å². The Morgan fingerprint density at radius 1 is 1.06 bits per heavy atom. The summed E-state index contributed by atoms with van der Waals surface area (Å²) in [6, 6.07) is 13.1. The molecule has 7 nitrogen and oxygen atoms in total. The van der Waals surface area contributed by atoms with Crippen LogP contribution in [-0.4, -0.2) is 41.6 Å². The van der Waals surface area contributed by atoms with Crippen molar-refractivity contribution in [2.75, 3.05) is 17.8 Å². The summed E-state index contributed by atoms with van der Waals surface area (Å²) >= 11 is 5.97. The van der Waals surface area contributed by atoms with Crippen molar-refractivity contribution >= 4 is 44.3 Å². The summed E-state index contributed by atoms with van der Waals surface area (Å²) < 4.78 is 44.0. The number of carbonyl (C=O) groups excluding carboxylic acids is 1. The zero-order valence-corrected chi connectivity index (χ0v) is 19.5. The standard InChI is InChI=1S/C24H20ClFN4O3S/c25-17-8-6-15(7-9-17)16-12-19-20(14-28-24(19)27-13-16)23(31)18-4-3-5-21(22(18)26)29-34(32,33)30-10-1-2-11-30/h3-9,12-14,29H,1-2,10-11H2,(H,27,28). The Kier molecular flexibility index (Phi) is 5.85. The second kappa shape index (κ2) is 8.83. The number of aromatic amines is 1. The molecule has 2 aromatic heterocycles. The lowest BCUT2D eigenvalue weighted by atomic mass is 10.0. The number of aromatic nitrogens is 2. The van der Waals surface area contributed by atoms with E-state index in [4.69, 9.17) is 11.6 Å². The maximum atomic E-state index is 15.3. The van der Waals surface area contributed by atoms with E-state index >= 15 is 4.39 Å². The molecule has 4 aromatic rings. The molecule has 3 heterocycles. The van der Waals surface area contributed by atoms with E-state index in [-0.39, 0.29) is 16.8 Å². The number of hydrogen-bond acceptors (Lipinski definition) is 4. The monoisotopic (exact) mass is 498 g/mol. The average Bonchev–Trinajstić information content (AvgIpc) is 3.51. The van der Waals surface area contributed by atoms with Crippen molar-refractivity contribution in [2.24, 2.45) is 0 Å². The molecule has 2 aromatic carbocycles. The lowest BCUT2D eigenvalue weighted by molar-refractivity contribution is 0.103. The molecule has 0 amide bonds. The summed E-state index contributed by atoms with van der Waals surface area (Å²) in [5.41, 5.74) is 1.84. The SMILES string of the molecule is O=C(c1cccc(NS(=O)(=O)N2CCCC2)c1F)c1c[nH]c2ncc(-c3ccc(Cl)cc3)cc12. The summed E-state index contributed by atoms with van der Waals surface area (Å²) in [5.74, 6) is -1.51. The van der Waals surface area contributed by atoms with E-state index < -0.39 is 21.8 Å². The van der Waals surface area contributed by atoms with Crippen LogP contribution in [0.4, 0.5) is 10.1 Å². The van der Waals surface area contributed by atoms with Crippen molar-refractivity contribution in [3.05, 3.63) is 82.9 Å². The molecule has 1 fully saturated rings. The lowest BCUT2D eigenvalue weighted by Crippen LogP contribution is -2.33. The van der Waals surface area contributed by atoms with Crippen LogP contribution < -0.4 is 4.72 Å². The van der Waals surface area contributed by atoms with Crippen LogP contribution >= 0.6 is 11.6 Å². The van der Waals surface area contributed by atoms with Gasteiger partial charge in [-0.25, -0.2) is 9.37 Å². The lowest BCUT2D eigenvalue weighted by Gasteiger charge is -2.17. The van der Waals surface area contributed by atoms with Crippen LogP contribution in [0.5, 0.6) is 0 Å². The van der Waals surface area contributed by atoms with Crippen LogP contribution in [0.15, 0.2) is 60.9 Å². The van der Waals surface area contributed by atoms with Gasteiger partial charge in [0.15, 0.2) is 11.6 Å². The highest BCUT2D eigenvalue weighted by Crippen LogP contribution is 2.29. The van der Waals surface area contributed by atoms with Gasteiger partial charge in [0.25, 0.3) is 0 Å². The minimum absolute atomic E-state index is 0.233. The Morgan fingerprint density at radius 2 is 1.79 bits per heavy atom. The van der Waals surface area contributed by atoms with Gasteiger partial charge in [0.2, 0.25) is 0 Å². The highest BCUT2D eigenvalue weighted by atomic mass is 35.5. The van der Waals surface area contributed by atoms with Gasteiger partial charge in [0, 0.05) is 47.0 Å². The normalized spacial score (nSPS) is 14.5. The topological polar surface area (TPSA) is 95.2 Å². The number of halogens is 2. The zero-order valence-electron chi connectivity index (χ0n) is 17.9. The molecule has 174 valence electrons. The van der Waals surface area contributed by atoms with Gasteiger partial charge in [-0.15, -0.1) is 0 Å². The molecule has 1 aliphatic heterocycles. The number of nitrogens with zero attached hydrogens (tertiary/aromatic N) is 2. The zero-order chi connectivity index (χ0) is 23.9. The molecule has 0 radical (unpaired) electrons. The van der Waals surface area contributed by atoms with Crippen molar-refractivity contribution in [3.63, 3.8) is 0 Å². The first-order chi connectivity index (χ1) is 16.3. The minimum atomic E-state index is -3.90. The van der Waals surface area contributed by atoms with Crippen LogP contribution in [0.25, 0.3) is 22.2 Å². The third-order valence-corrected chi connectivity index (χ3v) is 7.62. The molecule has 1 aliphatic rings. The Morgan fingerprint density at radius 3 is 2.53 bits per heavy atom. The molecule has 0 aliphatic carbocycles. The fraction of sp³-hybridized carbons (Fsp3) is 0.167. The van der Waals surface area contributed by atoms with E-state index in [1.165, 1.54) is 28.7 Å². The molecule has 1 saturated heterocycles. The summed E-state index contributed by atoms with van der Waals surface area (Å²) in [5, 5.41) is 1.13. The molecule has 0 spiro atoms. The Labute approximate surface area is 200 Å². The Balaban J connectivity index is 1.50. The Hall–Kier alpha value is -3.27. The average molecular weight is 499 g/mol. The van der Waals surface area contributed by atoms with Crippen molar-refractivity contribution in [3.8, 4) is 11.1 Å². The number of rotatable bonds is 6. The van der Waals surface area contributed by atoms with Crippen molar-refractivity contribution < 1.29 is 17.6 Å². The number of anilines is 1. The molecule has 0 unspecified atom stereocenters. The summed E-state index contributed by atoms with van der Waals surface area (Å²) in [6.45, 7) is 0.766. The molecular weight excluding hydrogens is 479 g/mol. The fourth-order valence-corrected chi connectivity index (χ4v) is 5.48. The van der Waals surface area contributed by atoms with Crippen molar-refractivity contribution in [2.45, 2.75) is 12.8 Å². The highest BCUT2D eigenvalue weighted by molar-refractivity contribution is 7.90. The molecular formula is C24H20ClFN4O3S. The molecule has 2 N–H and O–H groups in total. The molecule has 0 atom stereocenters. The molecule has 10 heteroatoms.